The lowest BCUT2D eigenvalue weighted by Crippen LogP contribution is -2.05. The average Bonchev–Trinajstić information content (AvgIpc) is 2.95. The molecule has 0 aliphatic rings. The number of pyridine rings is 1. The van der Waals surface area contributed by atoms with Crippen LogP contribution in [0.2, 0.25) is 0 Å². The molecule has 92 valence electrons. The van der Waals surface area contributed by atoms with E-state index in [1.165, 1.54) is 17.5 Å². The molecule has 0 aliphatic carbocycles. The van der Waals surface area contributed by atoms with Gasteiger partial charge in [0.15, 0.2) is 0 Å². The topological polar surface area (TPSA) is 30.2 Å². The summed E-state index contributed by atoms with van der Waals surface area (Å²) in [6.45, 7) is 0. The van der Waals surface area contributed by atoms with Crippen LogP contribution in [0.25, 0.3) is 16.3 Å². The molecule has 3 aromatic rings. The quantitative estimate of drug-likeness (QED) is 0.677. The first kappa shape index (κ1) is 11.2. The van der Waals surface area contributed by atoms with E-state index in [0.717, 1.165) is 12.1 Å². The first-order valence-electron chi connectivity index (χ1n) is 5.00. The Morgan fingerprint density at radius 3 is 2.78 bits per heavy atom. The van der Waals surface area contributed by atoms with E-state index < -0.39 is 11.7 Å². The van der Waals surface area contributed by atoms with Crippen molar-refractivity contribution in [3.63, 3.8) is 0 Å². The van der Waals surface area contributed by atoms with Gasteiger partial charge in [0.2, 0.25) is 0 Å². The zero-order chi connectivity index (χ0) is 12.8. The average molecular weight is 269 g/mol. The number of rotatable bonds is 1. The summed E-state index contributed by atoms with van der Waals surface area (Å²) in [5.41, 5.74) is 0.130. The summed E-state index contributed by atoms with van der Waals surface area (Å²) in [7, 11) is 0. The Balaban J connectivity index is 2.13. The normalized spacial score (nSPS) is 12.2. The molecule has 3 nitrogen and oxygen atoms in total. The third-order valence-corrected chi connectivity index (χ3v) is 3.23. The Morgan fingerprint density at radius 2 is 2.11 bits per heavy atom. The SMILES string of the molecule is FC(F)(F)c1ccn2cc(-c3nccs3)nc2c1. The van der Waals surface area contributed by atoms with E-state index in [2.05, 4.69) is 9.97 Å². The molecule has 0 aliphatic heterocycles. The molecule has 0 spiro atoms. The number of alkyl halides is 3. The predicted octanol–water partition coefficient (Wildman–Crippen LogP) is 3.48. The van der Waals surface area contributed by atoms with Gasteiger partial charge >= 0.3 is 6.18 Å². The highest BCUT2D eigenvalue weighted by Gasteiger charge is 2.30. The van der Waals surface area contributed by atoms with Crippen LogP contribution >= 0.6 is 11.3 Å². The molecule has 0 unspecified atom stereocenters. The van der Waals surface area contributed by atoms with Gasteiger partial charge in [0, 0.05) is 24.0 Å². The summed E-state index contributed by atoms with van der Waals surface area (Å²) in [5, 5.41) is 2.48. The fraction of sp³-hybridized carbons (Fsp3) is 0.0909. The minimum atomic E-state index is -4.35. The molecule has 0 atom stereocenters. The molecule has 0 N–H and O–H groups in total. The number of hydrogen-bond acceptors (Lipinski definition) is 3. The summed E-state index contributed by atoms with van der Waals surface area (Å²) in [5.74, 6) is 0. The Bertz CT molecular complexity index is 685. The molecule has 3 aromatic heterocycles. The Morgan fingerprint density at radius 1 is 1.28 bits per heavy atom. The van der Waals surface area contributed by atoms with Crippen LogP contribution in [0.1, 0.15) is 5.56 Å². The summed E-state index contributed by atoms with van der Waals surface area (Å²) in [4.78, 5) is 8.21. The monoisotopic (exact) mass is 269 g/mol. The first-order valence-corrected chi connectivity index (χ1v) is 5.88. The second-order valence-electron chi connectivity index (χ2n) is 3.64. The molecular formula is C11H6F3N3S. The summed E-state index contributed by atoms with van der Waals surface area (Å²) < 4.78 is 39.2. The van der Waals surface area contributed by atoms with Gasteiger partial charge in [-0.15, -0.1) is 11.3 Å². The lowest BCUT2D eigenvalue weighted by molar-refractivity contribution is -0.137. The highest BCUT2D eigenvalue weighted by Crippen LogP contribution is 2.30. The van der Waals surface area contributed by atoms with Crippen LogP contribution in [0, 0.1) is 0 Å². The number of aromatic nitrogens is 3. The van der Waals surface area contributed by atoms with E-state index in [1.54, 1.807) is 22.2 Å². The molecule has 7 heteroatoms. The van der Waals surface area contributed by atoms with Crippen molar-refractivity contribution in [1.29, 1.82) is 0 Å². The van der Waals surface area contributed by atoms with Gasteiger partial charge < -0.3 is 4.40 Å². The third-order valence-electron chi connectivity index (χ3n) is 2.44. The van der Waals surface area contributed by atoms with Crippen molar-refractivity contribution in [1.82, 2.24) is 14.4 Å². The Kier molecular flexibility index (Phi) is 2.37. The van der Waals surface area contributed by atoms with Crippen LogP contribution in [0.3, 0.4) is 0 Å². The smallest absolute Gasteiger partial charge is 0.306 e. The lowest BCUT2D eigenvalue weighted by atomic mass is 10.2. The zero-order valence-electron chi connectivity index (χ0n) is 8.85. The van der Waals surface area contributed by atoms with Gasteiger partial charge in [0.25, 0.3) is 0 Å². The van der Waals surface area contributed by atoms with E-state index in [4.69, 9.17) is 0 Å². The lowest BCUT2D eigenvalue weighted by Gasteiger charge is -2.05. The van der Waals surface area contributed by atoms with Crippen LogP contribution in [0.4, 0.5) is 13.2 Å². The van der Waals surface area contributed by atoms with Crippen molar-refractivity contribution in [2.45, 2.75) is 6.18 Å². The van der Waals surface area contributed by atoms with Gasteiger partial charge in [-0.2, -0.15) is 13.2 Å². The van der Waals surface area contributed by atoms with Gasteiger partial charge in [-0.3, -0.25) is 0 Å². The second-order valence-corrected chi connectivity index (χ2v) is 4.54. The number of thiazole rings is 1. The Hall–Kier alpha value is -1.89. The number of hydrogen-bond donors (Lipinski definition) is 0. The molecule has 0 aromatic carbocycles. The summed E-state index contributed by atoms with van der Waals surface area (Å²) >= 11 is 1.39. The maximum Gasteiger partial charge on any atom is 0.416 e. The van der Waals surface area contributed by atoms with E-state index in [-0.39, 0.29) is 5.65 Å². The van der Waals surface area contributed by atoms with E-state index >= 15 is 0 Å². The molecule has 3 rings (SSSR count). The molecule has 0 radical (unpaired) electrons. The molecule has 0 amide bonds. The van der Waals surface area contributed by atoms with Crippen molar-refractivity contribution in [2.75, 3.05) is 0 Å². The molecule has 0 fully saturated rings. The van der Waals surface area contributed by atoms with Crippen LogP contribution in [0.15, 0.2) is 36.1 Å². The maximum atomic E-state index is 12.5. The van der Waals surface area contributed by atoms with E-state index in [1.807, 2.05) is 0 Å². The summed E-state index contributed by atoms with van der Waals surface area (Å²) in [6.07, 6.45) is 0.288. The highest BCUT2D eigenvalue weighted by molar-refractivity contribution is 7.13. The first-order chi connectivity index (χ1) is 8.54. The predicted molar refractivity (Wildman–Crippen MR) is 61.3 cm³/mol. The van der Waals surface area contributed by atoms with Crippen LogP contribution in [-0.2, 0) is 6.18 Å². The van der Waals surface area contributed by atoms with Gasteiger partial charge in [0.1, 0.15) is 16.3 Å². The van der Waals surface area contributed by atoms with Gasteiger partial charge in [-0.05, 0) is 12.1 Å². The molecule has 0 saturated heterocycles. The number of fused-ring (bicyclic) bond motifs is 1. The number of imidazole rings is 1. The van der Waals surface area contributed by atoms with Gasteiger partial charge in [-0.25, -0.2) is 9.97 Å². The van der Waals surface area contributed by atoms with Crippen LogP contribution in [-0.4, -0.2) is 14.4 Å². The highest BCUT2D eigenvalue weighted by atomic mass is 32.1. The number of halogens is 3. The molecular weight excluding hydrogens is 263 g/mol. The van der Waals surface area contributed by atoms with E-state index in [9.17, 15) is 13.2 Å². The molecule has 3 heterocycles. The molecule has 18 heavy (non-hydrogen) atoms. The van der Waals surface area contributed by atoms with Crippen LogP contribution < -0.4 is 0 Å². The van der Waals surface area contributed by atoms with Crippen molar-refractivity contribution in [3.05, 3.63) is 41.7 Å². The van der Waals surface area contributed by atoms with Crippen molar-refractivity contribution in [3.8, 4) is 10.7 Å². The zero-order valence-corrected chi connectivity index (χ0v) is 9.66. The van der Waals surface area contributed by atoms with Crippen molar-refractivity contribution < 1.29 is 13.2 Å². The molecule has 0 bridgehead atoms. The van der Waals surface area contributed by atoms with Gasteiger partial charge in [0.05, 0.1) is 5.56 Å². The minimum Gasteiger partial charge on any atom is -0.306 e. The van der Waals surface area contributed by atoms with Gasteiger partial charge in [-0.1, -0.05) is 0 Å². The Labute approximate surface area is 104 Å². The van der Waals surface area contributed by atoms with E-state index in [0.29, 0.717) is 10.7 Å². The fourth-order valence-electron chi connectivity index (χ4n) is 1.61. The third kappa shape index (κ3) is 1.86. The second kappa shape index (κ2) is 3.81. The standard InChI is InChI=1S/C11H6F3N3S/c12-11(13,14)7-1-3-17-6-8(16-9(17)5-7)10-15-2-4-18-10/h1-6H. The van der Waals surface area contributed by atoms with Crippen molar-refractivity contribution in [2.24, 2.45) is 0 Å². The largest absolute Gasteiger partial charge is 0.416 e. The summed E-state index contributed by atoms with van der Waals surface area (Å²) in [6, 6.07) is 2.05. The molecule has 0 saturated carbocycles. The van der Waals surface area contributed by atoms with Crippen molar-refractivity contribution >= 4 is 17.0 Å². The minimum absolute atomic E-state index is 0.259. The van der Waals surface area contributed by atoms with Crippen LogP contribution in [0.5, 0.6) is 0 Å². The maximum absolute atomic E-state index is 12.5. The number of nitrogens with zero attached hydrogens (tertiary/aromatic N) is 3. The fourth-order valence-corrected chi connectivity index (χ4v) is 2.20.